The zero-order chi connectivity index (χ0) is 11.3. The van der Waals surface area contributed by atoms with Gasteiger partial charge in [0.2, 0.25) is 0 Å². The highest BCUT2D eigenvalue weighted by Crippen LogP contribution is 2.16. The average Bonchev–Trinajstić information content (AvgIpc) is 2.28. The third-order valence-electron chi connectivity index (χ3n) is 2.37. The zero-order valence-corrected chi connectivity index (χ0v) is 9.27. The summed E-state index contributed by atoms with van der Waals surface area (Å²) in [7, 11) is 3.54. The average molecular weight is 205 g/mol. The normalized spacial score (nSPS) is 11.6. The van der Waals surface area contributed by atoms with Crippen molar-refractivity contribution in [2.45, 2.75) is 19.4 Å². The van der Waals surface area contributed by atoms with Crippen molar-refractivity contribution in [1.82, 2.24) is 4.98 Å². The van der Waals surface area contributed by atoms with Crippen molar-refractivity contribution < 1.29 is 4.74 Å². The number of nitrogens with zero attached hydrogens (tertiary/aromatic N) is 3. The van der Waals surface area contributed by atoms with Crippen molar-refractivity contribution in [3.05, 3.63) is 18.3 Å². The summed E-state index contributed by atoms with van der Waals surface area (Å²) in [4.78, 5) is 6.22. The van der Waals surface area contributed by atoms with Crippen LogP contribution in [0.5, 0.6) is 5.75 Å². The summed E-state index contributed by atoms with van der Waals surface area (Å²) in [5, 5.41) is 8.60. The molecule has 1 rings (SSSR count). The van der Waals surface area contributed by atoms with Crippen LogP contribution in [0.1, 0.15) is 13.3 Å². The molecule has 0 aromatic carbocycles. The van der Waals surface area contributed by atoms with E-state index in [0.717, 1.165) is 11.6 Å². The van der Waals surface area contributed by atoms with Gasteiger partial charge in [0.05, 0.1) is 25.8 Å². The van der Waals surface area contributed by atoms with E-state index >= 15 is 0 Å². The molecule has 0 saturated heterocycles. The Hall–Kier alpha value is -1.76. The van der Waals surface area contributed by atoms with Crippen LogP contribution >= 0.6 is 0 Å². The molecule has 0 amide bonds. The quantitative estimate of drug-likeness (QED) is 0.752. The van der Waals surface area contributed by atoms with Gasteiger partial charge >= 0.3 is 0 Å². The second-order valence-corrected chi connectivity index (χ2v) is 3.38. The summed E-state index contributed by atoms with van der Waals surface area (Å²) in [5.41, 5.74) is 0. The van der Waals surface area contributed by atoms with Gasteiger partial charge in [-0.05, 0) is 19.1 Å². The smallest absolute Gasteiger partial charge is 0.137 e. The maximum absolute atomic E-state index is 8.60. The lowest BCUT2D eigenvalue weighted by atomic mass is 10.2. The molecule has 0 radical (unpaired) electrons. The Balaban J connectivity index is 2.74. The number of anilines is 1. The lowest BCUT2D eigenvalue weighted by molar-refractivity contribution is 0.413. The summed E-state index contributed by atoms with van der Waals surface area (Å²) in [6, 6.07) is 6.05. The van der Waals surface area contributed by atoms with E-state index in [-0.39, 0.29) is 6.04 Å². The highest BCUT2D eigenvalue weighted by Gasteiger charge is 2.10. The Morgan fingerprint density at radius 2 is 2.33 bits per heavy atom. The van der Waals surface area contributed by atoms with Gasteiger partial charge in [0.15, 0.2) is 0 Å². The maximum Gasteiger partial charge on any atom is 0.137 e. The Bertz CT molecular complexity index is 342. The Morgan fingerprint density at radius 1 is 1.60 bits per heavy atom. The van der Waals surface area contributed by atoms with Gasteiger partial charge in [-0.15, -0.1) is 0 Å². The summed E-state index contributed by atoms with van der Waals surface area (Å²) in [6.45, 7) is 2.00. The molecule has 1 atom stereocenters. The number of nitriles is 1. The predicted octanol–water partition coefficient (Wildman–Crippen LogP) is 1.83. The molecule has 0 saturated carbocycles. The molecule has 0 aliphatic heterocycles. The molecular weight excluding hydrogens is 190 g/mol. The van der Waals surface area contributed by atoms with Crippen LogP contribution in [-0.4, -0.2) is 25.2 Å². The highest BCUT2D eigenvalue weighted by atomic mass is 16.5. The first-order valence-corrected chi connectivity index (χ1v) is 4.79. The number of hydrogen-bond donors (Lipinski definition) is 0. The minimum atomic E-state index is 0.163. The van der Waals surface area contributed by atoms with Gasteiger partial charge in [-0.3, -0.25) is 0 Å². The molecule has 0 bridgehead atoms. The van der Waals surface area contributed by atoms with Crippen LogP contribution in [0.2, 0.25) is 0 Å². The van der Waals surface area contributed by atoms with E-state index in [1.165, 1.54) is 0 Å². The van der Waals surface area contributed by atoms with Crippen LogP contribution in [-0.2, 0) is 0 Å². The number of ether oxygens (including phenoxy) is 1. The molecule has 0 fully saturated rings. The van der Waals surface area contributed by atoms with Crippen molar-refractivity contribution in [3.63, 3.8) is 0 Å². The minimum absolute atomic E-state index is 0.163. The van der Waals surface area contributed by atoms with E-state index in [1.54, 1.807) is 13.3 Å². The summed E-state index contributed by atoms with van der Waals surface area (Å²) >= 11 is 0. The SMILES string of the molecule is COc1ccc(N(C)C(C)CC#N)nc1. The number of hydrogen-bond acceptors (Lipinski definition) is 4. The van der Waals surface area contributed by atoms with Crippen molar-refractivity contribution in [3.8, 4) is 11.8 Å². The first-order chi connectivity index (χ1) is 7.19. The van der Waals surface area contributed by atoms with E-state index in [9.17, 15) is 0 Å². The number of aromatic nitrogens is 1. The molecule has 1 heterocycles. The van der Waals surface area contributed by atoms with Gasteiger partial charge in [0, 0.05) is 13.1 Å². The molecule has 80 valence electrons. The summed E-state index contributed by atoms with van der Waals surface area (Å²) in [6.07, 6.45) is 2.16. The number of rotatable bonds is 4. The molecule has 0 N–H and O–H groups in total. The second kappa shape index (κ2) is 5.20. The van der Waals surface area contributed by atoms with Gasteiger partial charge in [-0.25, -0.2) is 4.98 Å². The minimum Gasteiger partial charge on any atom is -0.495 e. The van der Waals surface area contributed by atoms with E-state index in [1.807, 2.05) is 31.0 Å². The predicted molar refractivity (Wildman–Crippen MR) is 58.9 cm³/mol. The van der Waals surface area contributed by atoms with Crippen LogP contribution in [0.25, 0.3) is 0 Å². The van der Waals surface area contributed by atoms with Crippen molar-refractivity contribution in [2.24, 2.45) is 0 Å². The fourth-order valence-electron chi connectivity index (χ4n) is 1.20. The van der Waals surface area contributed by atoms with E-state index in [4.69, 9.17) is 10.00 Å². The molecule has 0 spiro atoms. The monoisotopic (exact) mass is 205 g/mol. The third-order valence-corrected chi connectivity index (χ3v) is 2.37. The van der Waals surface area contributed by atoms with E-state index in [0.29, 0.717) is 6.42 Å². The number of methoxy groups -OCH3 is 1. The molecule has 0 aliphatic rings. The molecular formula is C11H15N3O. The van der Waals surface area contributed by atoms with Crippen molar-refractivity contribution in [1.29, 1.82) is 5.26 Å². The standard InChI is InChI=1S/C11H15N3O/c1-9(6-7-12)14(2)11-5-4-10(15-3)8-13-11/h4-5,8-9H,6H2,1-3H3. The Kier molecular flexibility index (Phi) is 3.92. The van der Waals surface area contributed by atoms with E-state index in [2.05, 4.69) is 11.1 Å². The lowest BCUT2D eigenvalue weighted by Crippen LogP contribution is -2.28. The van der Waals surface area contributed by atoms with E-state index < -0.39 is 0 Å². The van der Waals surface area contributed by atoms with Gasteiger partial charge in [0.25, 0.3) is 0 Å². The van der Waals surface area contributed by atoms with Crippen LogP contribution in [0.4, 0.5) is 5.82 Å². The summed E-state index contributed by atoms with van der Waals surface area (Å²) in [5.74, 6) is 1.58. The van der Waals surface area contributed by atoms with Crippen molar-refractivity contribution >= 4 is 5.82 Å². The Labute approximate surface area is 90.1 Å². The topological polar surface area (TPSA) is 49.1 Å². The molecule has 4 heteroatoms. The lowest BCUT2D eigenvalue weighted by Gasteiger charge is -2.23. The molecule has 15 heavy (non-hydrogen) atoms. The third kappa shape index (κ3) is 2.84. The van der Waals surface area contributed by atoms with Crippen LogP contribution in [0.3, 0.4) is 0 Å². The molecule has 0 aliphatic carbocycles. The molecule has 1 aromatic rings. The van der Waals surface area contributed by atoms with Gasteiger partial charge in [-0.2, -0.15) is 5.26 Å². The fourth-order valence-corrected chi connectivity index (χ4v) is 1.20. The van der Waals surface area contributed by atoms with Crippen LogP contribution < -0.4 is 9.64 Å². The van der Waals surface area contributed by atoms with Crippen LogP contribution in [0, 0.1) is 11.3 Å². The number of pyridine rings is 1. The van der Waals surface area contributed by atoms with Gasteiger partial charge in [0.1, 0.15) is 11.6 Å². The molecule has 1 unspecified atom stereocenters. The van der Waals surface area contributed by atoms with Gasteiger partial charge < -0.3 is 9.64 Å². The summed E-state index contributed by atoms with van der Waals surface area (Å²) < 4.78 is 5.02. The zero-order valence-electron chi connectivity index (χ0n) is 9.27. The maximum atomic E-state index is 8.60. The fraction of sp³-hybridized carbons (Fsp3) is 0.455. The first kappa shape index (κ1) is 11.3. The van der Waals surface area contributed by atoms with Crippen molar-refractivity contribution in [2.75, 3.05) is 19.1 Å². The largest absolute Gasteiger partial charge is 0.495 e. The second-order valence-electron chi connectivity index (χ2n) is 3.38. The van der Waals surface area contributed by atoms with Crippen LogP contribution in [0.15, 0.2) is 18.3 Å². The first-order valence-electron chi connectivity index (χ1n) is 4.79. The highest BCUT2D eigenvalue weighted by molar-refractivity contribution is 5.41. The van der Waals surface area contributed by atoms with Gasteiger partial charge in [-0.1, -0.05) is 0 Å². The molecule has 1 aromatic heterocycles. The Morgan fingerprint density at radius 3 is 2.80 bits per heavy atom. The molecule has 4 nitrogen and oxygen atoms in total.